The highest BCUT2D eigenvalue weighted by atomic mass is 79.9. The van der Waals surface area contributed by atoms with Gasteiger partial charge in [0.05, 0.1) is 34.5 Å². The molecule has 12 heteroatoms. The first-order valence-electron chi connectivity index (χ1n) is 10.6. The minimum Gasteiger partial charge on any atom is -0.467 e. The van der Waals surface area contributed by atoms with Crippen molar-refractivity contribution in [1.82, 2.24) is 19.7 Å². The molecule has 0 aliphatic rings. The lowest BCUT2D eigenvalue weighted by atomic mass is 10.1. The summed E-state index contributed by atoms with van der Waals surface area (Å²) in [6.07, 6.45) is 3.51. The van der Waals surface area contributed by atoms with Gasteiger partial charge in [-0.2, -0.15) is 4.73 Å². The lowest BCUT2D eigenvalue weighted by Gasteiger charge is -2.11. The van der Waals surface area contributed by atoms with E-state index in [1.807, 2.05) is 30.5 Å². The molecule has 0 aliphatic carbocycles. The van der Waals surface area contributed by atoms with Crippen molar-refractivity contribution in [1.29, 1.82) is 0 Å². The van der Waals surface area contributed by atoms with E-state index in [9.17, 15) is 5.21 Å². The van der Waals surface area contributed by atoms with Gasteiger partial charge >= 0.3 is 0 Å². The van der Waals surface area contributed by atoms with Crippen LogP contribution in [0, 0.1) is 0 Å². The van der Waals surface area contributed by atoms with Crippen LogP contribution in [0.3, 0.4) is 0 Å². The standard InChI is InChI=1S/C24H21BrCl2N4O4S/c1-33-8-9-34-13-35-16-11-17(26)20(18(27)12-16)23-30-21(14-4-3-5-15(25)10-14)22(31(23)32)19-6-7-28-24(29-19)36-2/h3-7,10-12,32H,8-9,13H2,1-2H3. The second-order valence-electron chi connectivity index (χ2n) is 7.31. The molecule has 2 aromatic heterocycles. The van der Waals surface area contributed by atoms with Crippen molar-refractivity contribution in [3.8, 4) is 39.8 Å². The molecule has 0 spiro atoms. The topological polar surface area (TPSA) is 91.5 Å². The number of hydrogen-bond donors (Lipinski definition) is 1. The van der Waals surface area contributed by atoms with Crippen LogP contribution >= 0.6 is 50.9 Å². The Labute approximate surface area is 230 Å². The quantitative estimate of drug-likeness (QED) is 0.0696. The fraction of sp³-hybridized carbons (Fsp3) is 0.208. The minimum absolute atomic E-state index is 0.00661. The van der Waals surface area contributed by atoms with Crippen molar-refractivity contribution in [2.24, 2.45) is 0 Å². The molecule has 36 heavy (non-hydrogen) atoms. The van der Waals surface area contributed by atoms with Crippen LogP contribution in [0.5, 0.6) is 5.75 Å². The van der Waals surface area contributed by atoms with E-state index < -0.39 is 0 Å². The first kappa shape index (κ1) is 26.7. The lowest BCUT2D eigenvalue weighted by molar-refractivity contribution is -0.00845. The molecule has 2 heterocycles. The zero-order valence-electron chi connectivity index (χ0n) is 19.2. The van der Waals surface area contributed by atoms with Gasteiger partial charge in [-0.15, -0.1) is 0 Å². The highest BCUT2D eigenvalue weighted by Crippen LogP contribution is 2.41. The summed E-state index contributed by atoms with van der Waals surface area (Å²) in [7, 11) is 1.59. The van der Waals surface area contributed by atoms with Gasteiger partial charge in [0.25, 0.3) is 0 Å². The fourth-order valence-corrected chi connectivity index (χ4v) is 4.76. The summed E-state index contributed by atoms with van der Waals surface area (Å²) in [6, 6.07) is 12.5. The third kappa shape index (κ3) is 5.96. The van der Waals surface area contributed by atoms with Crippen LogP contribution in [0.1, 0.15) is 0 Å². The third-order valence-electron chi connectivity index (χ3n) is 4.99. The maximum absolute atomic E-state index is 11.3. The Morgan fingerprint density at radius 2 is 1.86 bits per heavy atom. The van der Waals surface area contributed by atoms with E-state index in [1.54, 1.807) is 31.5 Å². The Morgan fingerprint density at radius 1 is 1.08 bits per heavy atom. The van der Waals surface area contributed by atoms with Gasteiger partial charge in [-0.05, 0) is 36.6 Å². The molecule has 0 bridgehead atoms. The molecule has 0 saturated carbocycles. The Balaban J connectivity index is 1.79. The molecule has 0 radical (unpaired) electrons. The number of benzene rings is 2. The number of hydrogen-bond acceptors (Lipinski definition) is 8. The zero-order chi connectivity index (χ0) is 25.7. The van der Waals surface area contributed by atoms with Crippen molar-refractivity contribution in [2.75, 3.05) is 33.4 Å². The average Bonchev–Trinajstić information content (AvgIpc) is 3.20. The summed E-state index contributed by atoms with van der Waals surface area (Å²) in [5.74, 6) is 0.567. The van der Waals surface area contributed by atoms with E-state index in [4.69, 9.17) is 42.4 Å². The summed E-state index contributed by atoms with van der Waals surface area (Å²) in [5, 5.41) is 12.4. The van der Waals surface area contributed by atoms with E-state index >= 15 is 0 Å². The Hall–Kier alpha value is -2.34. The van der Waals surface area contributed by atoms with Gasteiger partial charge in [0.15, 0.2) is 17.8 Å². The van der Waals surface area contributed by atoms with Gasteiger partial charge in [-0.1, -0.05) is 63.0 Å². The molecule has 0 aliphatic heterocycles. The van der Waals surface area contributed by atoms with Gasteiger partial charge < -0.3 is 19.4 Å². The number of thioether (sulfide) groups is 1. The van der Waals surface area contributed by atoms with Crippen molar-refractivity contribution < 1.29 is 19.4 Å². The van der Waals surface area contributed by atoms with Crippen LogP contribution in [0.2, 0.25) is 10.0 Å². The minimum atomic E-state index is 0.00661. The number of nitrogens with zero attached hydrogens (tertiary/aromatic N) is 4. The highest BCUT2D eigenvalue weighted by Gasteiger charge is 2.26. The molecule has 4 aromatic rings. The number of methoxy groups -OCH3 is 1. The number of ether oxygens (including phenoxy) is 3. The number of aromatic nitrogens is 4. The summed E-state index contributed by atoms with van der Waals surface area (Å²) >= 11 is 18.1. The Kier molecular flexibility index (Phi) is 9.10. The van der Waals surface area contributed by atoms with E-state index in [0.717, 1.165) is 14.8 Å². The molecular formula is C24H21BrCl2N4O4S. The molecule has 188 valence electrons. The molecule has 4 rings (SSSR count). The van der Waals surface area contributed by atoms with Crippen molar-refractivity contribution in [3.63, 3.8) is 0 Å². The van der Waals surface area contributed by atoms with E-state index in [0.29, 0.717) is 46.8 Å². The number of rotatable bonds is 10. The Bertz CT molecular complexity index is 1350. The van der Waals surface area contributed by atoms with Gasteiger partial charge in [0, 0.05) is 23.3 Å². The maximum atomic E-state index is 11.3. The van der Waals surface area contributed by atoms with E-state index in [2.05, 4.69) is 25.9 Å². The lowest BCUT2D eigenvalue weighted by Crippen LogP contribution is -2.08. The largest absolute Gasteiger partial charge is 0.467 e. The second-order valence-corrected chi connectivity index (χ2v) is 9.81. The second kappa shape index (κ2) is 12.3. The van der Waals surface area contributed by atoms with Crippen molar-refractivity contribution in [3.05, 3.63) is 63.2 Å². The Morgan fingerprint density at radius 3 is 2.56 bits per heavy atom. The predicted octanol–water partition coefficient (Wildman–Crippen LogP) is 6.70. The fourth-order valence-electron chi connectivity index (χ4n) is 3.37. The first-order chi connectivity index (χ1) is 17.4. The number of imidazole rings is 1. The van der Waals surface area contributed by atoms with Crippen LogP contribution in [0.25, 0.3) is 34.0 Å². The molecule has 1 N–H and O–H groups in total. The molecule has 0 unspecified atom stereocenters. The van der Waals surface area contributed by atoms with Crippen molar-refractivity contribution >= 4 is 50.9 Å². The predicted molar refractivity (Wildman–Crippen MR) is 144 cm³/mol. The first-order valence-corrected chi connectivity index (χ1v) is 13.3. The monoisotopic (exact) mass is 610 g/mol. The van der Waals surface area contributed by atoms with Crippen LogP contribution < -0.4 is 4.74 Å². The summed E-state index contributed by atoms with van der Waals surface area (Å²) < 4.78 is 17.7. The van der Waals surface area contributed by atoms with Gasteiger partial charge in [-0.3, -0.25) is 0 Å². The van der Waals surface area contributed by atoms with Crippen molar-refractivity contribution in [2.45, 2.75) is 5.16 Å². The van der Waals surface area contributed by atoms with Crippen LogP contribution in [-0.2, 0) is 9.47 Å². The summed E-state index contributed by atoms with van der Waals surface area (Å²) in [5.41, 5.74) is 2.47. The molecular weight excluding hydrogens is 591 g/mol. The zero-order valence-corrected chi connectivity index (χ0v) is 23.2. The van der Waals surface area contributed by atoms with Crippen LogP contribution in [0.4, 0.5) is 0 Å². The summed E-state index contributed by atoms with van der Waals surface area (Å²) in [4.78, 5) is 13.5. The molecule has 8 nitrogen and oxygen atoms in total. The van der Waals surface area contributed by atoms with E-state index in [-0.39, 0.29) is 22.7 Å². The van der Waals surface area contributed by atoms with Gasteiger partial charge in [0.1, 0.15) is 17.1 Å². The van der Waals surface area contributed by atoms with E-state index in [1.165, 1.54) is 11.8 Å². The van der Waals surface area contributed by atoms with Crippen LogP contribution in [0.15, 0.2) is 58.3 Å². The summed E-state index contributed by atoms with van der Waals surface area (Å²) in [6.45, 7) is 0.851. The molecule has 2 aromatic carbocycles. The molecule has 0 amide bonds. The molecule has 0 fully saturated rings. The smallest absolute Gasteiger partial charge is 0.189 e. The van der Waals surface area contributed by atoms with Gasteiger partial charge in [-0.25, -0.2) is 15.0 Å². The highest BCUT2D eigenvalue weighted by molar-refractivity contribution is 9.10. The third-order valence-corrected chi connectivity index (χ3v) is 6.64. The molecule has 0 saturated heterocycles. The maximum Gasteiger partial charge on any atom is 0.189 e. The average molecular weight is 612 g/mol. The van der Waals surface area contributed by atoms with Gasteiger partial charge in [0.2, 0.25) is 0 Å². The van der Waals surface area contributed by atoms with Crippen LogP contribution in [-0.4, -0.2) is 58.3 Å². The SMILES string of the molecule is COCCOCOc1cc(Cl)c(-c2nc(-c3cccc(Br)c3)c(-c3ccnc(SC)n3)n2O)c(Cl)c1. The molecule has 0 atom stereocenters. The normalized spacial score (nSPS) is 11.1. The number of halogens is 3.